The van der Waals surface area contributed by atoms with Gasteiger partial charge < -0.3 is 9.64 Å². The maximum Gasteiger partial charge on any atom is 0.416 e. The third-order valence-corrected chi connectivity index (χ3v) is 4.62. The van der Waals surface area contributed by atoms with Crippen LogP contribution in [0.4, 0.5) is 18.9 Å². The van der Waals surface area contributed by atoms with Crippen LogP contribution >= 0.6 is 0 Å². The zero-order valence-corrected chi connectivity index (χ0v) is 17.2. The summed E-state index contributed by atoms with van der Waals surface area (Å²) in [6, 6.07) is 7.25. The molecule has 0 bridgehead atoms. The SMILES string of the molecule is CCN(C)C=Nc1cc(C)c(C(=O)OCc2ccc(C(F)(F)F)c(C)c2)cc1C. The van der Waals surface area contributed by atoms with Crippen LogP contribution < -0.4 is 0 Å². The summed E-state index contributed by atoms with van der Waals surface area (Å²) < 4.78 is 43.9. The second-order valence-electron chi connectivity index (χ2n) is 6.99. The number of carbonyl (C=O) groups excluding carboxylic acids is 1. The maximum atomic E-state index is 12.9. The predicted octanol–water partition coefficient (Wildman–Crippen LogP) is 5.60. The van der Waals surface area contributed by atoms with Crippen LogP contribution in [0.1, 0.15) is 45.1 Å². The van der Waals surface area contributed by atoms with E-state index in [1.165, 1.54) is 19.1 Å². The van der Waals surface area contributed by atoms with Crippen LogP contribution in [0.15, 0.2) is 35.3 Å². The second-order valence-corrected chi connectivity index (χ2v) is 6.99. The van der Waals surface area contributed by atoms with Gasteiger partial charge in [-0.2, -0.15) is 13.2 Å². The first kappa shape index (κ1) is 22.5. The molecule has 4 nitrogen and oxygen atoms in total. The highest BCUT2D eigenvalue weighted by Crippen LogP contribution is 2.32. The molecule has 0 radical (unpaired) electrons. The average Bonchev–Trinajstić information content (AvgIpc) is 2.65. The summed E-state index contributed by atoms with van der Waals surface area (Å²) in [5, 5.41) is 0. The third-order valence-electron chi connectivity index (χ3n) is 4.62. The Bertz CT molecular complexity index is 921. The molecule has 29 heavy (non-hydrogen) atoms. The minimum atomic E-state index is -4.40. The Kier molecular flexibility index (Phi) is 7.06. The highest BCUT2D eigenvalue weighted by molar-refractivity contribution is 5.92. The van der Waals surface area contributed by atoms with Crippen LogP contribution in [-0.2, 0) is 17.5 Å². The van der Waals surface area contributed by atoms with Gasteiger partial charge in [-0.3, -0.25) is 0 Å². The lowest BCUT2D eigenvalue weighted by atomic mass is 10.0. The molecule has 2 aromatic rings. The number of halogens is 3. The minimum Gasteiger partial charge on any atom is -0.457 e. The smallest absolute Gasteiger partial charge is 0.416 e. The number of aliphatic imine (C=N–C) groups is 1. The number of rotatable bonds is 6. The fraction of sp³-hybridized carbons (Fsp3) is 0.364. The summed E-state index contributed by atoms with van der Waals surface area (Å²) >= 11 is 0. The molecular weight excluding hydrogens is 381 g/mol. The molecule has 0 N–H and O–H groups in total. The van der Waals surface area contributed by atoms with Gasteiger partial charge in [0.05, 0.1) is 23.2 Å². The van der Waals surface area contributed by atoms with Crippen molar-refractivity contribution >= 4 is 18.0 Å². The summed E-state index contributed by atoms with van der Waals surface area (Å²) in [4.78, 5) is 18.8. The normalized spacial score (nSPS) is 11.7. The van der Waals surface area contributed by atoms with Crippen molar-refractivity contribution in [3.8, 4) is 0 Å². The van der Waals surface area contributed by atoms with Crippen molar-refractivity contribution in [3.63, 3.8) is 0 Å². The number of benzene rings is 2. The number of hydrogen-bond donors (Lipinski definition) is 0. The standard InChI is InChI=1S/C22H25F3N2O2/c1-6-27(5)13-26-20-11-14(2)18(10-16(20)4)21(28)29-12-17-7-8-19(15(3)9-17)22(23,24)25/h7-11,13H,6,12H2,1-5H3. The van der Waals surface area contributed by atoms with Gasteiger partial charge in [0.2, 0.25) is 0 Å². The van der Waals surface area contributed by atoms with E-state index in [9.17, 15) is 18.0 Å². The first-order chi connectivity index (χ1) is 13.5. The van der Waals surface area contributed by atoms with Gasteiger partial charge >= 0.3 is 12.1 Å². The fourth-order valence-corrected chi connectivity index (χ4v) is 2.76. The molecule has 156 valence electrons. The number of carbonyl (C=O) groups is 1. The molecule has 0 aliphatic heterocycles. The Morgan fingerprint density at radius 3 is 2.38 bits per heavy atom. The number of esters is 1. The van der Waals surface area contributed by atoms with Crippen molar-refractivity contribution < 1.29 is 22.7 Å². The Hall–Kier alpha value is -2.83. The summed E-state index contributed by atoms with van der Waals surface area (Å²) in [5.74, 6) is -0.524. The zero-order valence-electron chi connectivity index (χ0n) is 17.2. The molecule has 0 saturated carbocycles. The van der Waals surface area contributed by atoms with Crippen molar-refractivity contribution in [3.05, 3.63) is 63.7 Å². The summed E-state index contributed by atoms with van der Waals surface area (Å²) in [7, 11) is 1.92. The zero-order chi connectivity index (χ0) is 21.8. The van der Waals surface area contributed by atoms with Crippen LogP contribution in [-0.4, -0.2) is 30.8 Å². The van der Waals surface area contributed by atoms with Gasteiger partial charge in [-0.05, 0) is 68.1 Å². The summed E-state index contributed by atoms with van der Waals surface area (Å²) in [5.41, 5.74) is 2.62. The number of nitrogens with zero attached hydrogens (tertiary/aromatic N) is 2. The van der Waals surface area contributed by atoms with Crippen molar-refractivity contribution in [2.75, 3.05) is 13.6 Å². The van der Waals surface area contributed by atoms with Crippen LogP contribution in [0.25, 0.3) is 0 Å². The largest absolute Gasteiger partial charge is 0.457 e. The highest BCUT2D eigenvalue weighted by Gasteiger charge is 2.32. The van der Waals surface area contributed by atoms with E-state index in [0.717, 1.165) is 29.4 Å². The topological polar surface area (TPSA) is 41.9 Å². The number of aryl methyl sites for hydroxylation is 3. The van der Waals surface area contributed by atoms with Crippen molar-refractivity contribution in [2.45, 2.75) is 40.5 Å². The molecule has 0 heterocycles. The van der Waals surface area contributed by atoms with Gasteiger partial charge in [0.15, 0.2) is 0 Å². The maximum absolute atomic E-state index is 12.9. The second kappa shape index (κ2) is 9.11. The third kappa shape index (κ3) is 5.82. The molecule has 0 atom stereocenters. The quantitative estimate of drug-likeness (QED) is 0.356. The number of alkyl halides is 3. The molecule has 0 saturated heterocycles. The van der Waals surface area contributed by atoms with Gasteiger partial charge in [-0.15, -0.1) is 0 Å². The lowest BCUT2D eigenvalue weighted by Crippen LogP contribution is -2.14. The van der Waals surface area contributed by atoms with Crippen LogP contribution in [0, 0.1) is 20.8 Å². The van der Waals surface area contributed by atoms with E-state index in [2.05, 4.69) is 4.99 Å². The minimum absolute atomic E-state index is 0.0948. The van der Waals surface area contributed by atoms with E-state index in [-0.39, 0.29) is 12.2 Å². The number of hydrogen-bond acceptors (Lipinski definition) is 3. The predicted molar refractivity (Wildman–Crippen MR) is 108 cm³/mol. The first-order valence-electron chi connectivity index (χ1n) is 9.22. The van der Waals surface area contributed by atoms with E-state index in [1.807, 2.05) is 31.9 Å². The van der Waals surface area contributed by atoms with E-state index >= 15 is 0 Å². The van der Waals surface area contributed by atoms with Crippen LogP contribution in [0.5, 0.6) is 0 Å². The van der Waals surface area contributed by atoms with Gasteiger partial charge in [0.25, 0.3) is 0 Å². The fourth-order valence-electron chi connectivity index (χ4n) is 2.76. The van der Waals surface area contributed by atoms with E-state index in [4.69, 9.17) is 4.74 Å². The lowest BCUT2D eigenvalue weighted by molar-refractivity contribution is -0.138. The molecule has 0 fully saturated rings. The van der Waals surface area contributed by atoms with Crippen LogP contribution in [0.2, 0.25) is 0 Å². The Morgan fingerprint density at radius 1 is 1.10 bits per heavy atom. The van der Waals surface area contributed by atoms with E-state index < -0.39 is 17.7 Å². The molecule has 7 heteroatoms. The molecule has 0 aliphatic rings. The van der Waals surface area contributed by atoms with Gasteiger partial charge in [0.1, 0.15) is 6.61 Å². The molecule has 0 spiro atoms. The van der Waals surface area contributed by atoms with Crippen molar-refractivity contribution in [1.82, 2.24) is 4.90 Å². The summed E-state index contributed by atoms with van der Waals surface area (Å²) in [6.07, 6.45) is -2.67. The van der Waals surface area contributed by atoms with Gasteiger partial charge in [-0.25, -0.2) is 9.79 Å². The van der Waals surface area contributed by atoms with Crippen molar-refractivity contribution in [1.29, 1.82) is 0 Å². The van der Waals surface area contributed by atoms with Crippen LogP contribution in [0.3, 0.4) is 0 Å². The Balaban J connectivity index is 2.12. The lowest BCUT2D eigenvalue weighted by Gasteiger charge is -2.13. The first-order valence-corrected chi connectivity index (χ1v) is 9.22. The van der Waals surface area contributed by atoms with Gasteiger partial charge in [0, 0.05) is 13.6 Å². The Labute approximate surface area is 169 Å². The van der Waals surface area contributed by atoms with Crippen molar-refractivity contribution in [2.24, 2.45) is 4.99 Å². The number of ether oxygens (including phenoxy) is 1. The molecule has 0 amide bonds. The molecular formula is C22H25F3N2O2. The molecule has 2 rings (SSSR count). The molecule has 0 unspecified atom stereocenters. The molecule has 0 aliphatic carbocycles. The van der Waals surface area contributed by atoms with Gasteiger partial charge in [-0.1, -0.05) is 12.1 Å². The monoisotopic (exact) mass is 406 g/mol. The average molecular weight is 406 g/mol. The highest BCUT2D eigenvalue weighted by atomic mass is 19.4. The molecule has 0 aromatic heterocycles. The summed E-state index contributed by atoms with van der Waals surface area (Å²) in [6.45, 7) is 7.78. The Morgan fingerprint density at radius 2 is 1.79 bits per heavy atom. The van der Waals surface area contributed by atoms with E-state index in [1.54, 1.807) is 19.3 Å². The van der Waals surface area contributed by atoms with E-state index in [0.29, 0.717) is 11.1 Å². The molecule has 2 aromatic carbocycles.